The minimum Gasteiger partial charge on any atom is -0.462 e. The zero-order valence-corrected chi connectivity index (χ0v) is 51.5. The van der Waals surface area contributed by atoms with Crippen molar-refractivity contribution in [2.75, 3.05) is 13.2 Å². The first-order valence-corrected chi connectivity index (χ1v) is 33.8. The van der Waals surface area contributed by atoms with E-state index in [0.29, 0.717) is 19.3 Å². The number of allylic oxidation sites excluding steroid dienone is 10. The molecular formula is C71H128O6. The van der Waals surface area contributed by atoms with Crippen molar-refractivity contribution in [3.8, 4) is 0 Å². The van der Waals surface area contributed by atoms with Crippen molar-refractivity contribution in [2.45, 2.75) is 361 Å². The molecule has 0 spiro atoms. The predicted octanol–water partition coefficient (Wildman–Crippen LogP) is 23.1. The van der Waals surface area contributed by atoms with Crippen LogP contribution in [0.4, 0.5) is 0 Å². The van der Waals surface area contributed by atoms with Crippen molar-refractivity contribution in [1.82, 2.24) is 0 Å². The zero-order chi connectivity index (χ0) is 55.7. The van der Waals surface area contributed by atoms with Crippen LogP contribution in [0.3, 0.4) is 0 Å². The maximum absolute atomic E-state index is 12.9. The molecule has 448 valence electrons. The fourth-order valence-electron chi connectivity index (χ4n) is 10.0. The van der Waals surface area contributed by atoms with Crippen molar-refractivity contribution in [2.24, 2.45) is 0 Å². The second-order valence-electron chi connectivity index (χ2n) is 22.7. The first kappa shape index (κ1) is 74.1. The van der Waals surface area contributed by atoms with Gasteiger partial charge in [-0.3, -0.25) is 14.4 Å². The van der Waals surface area contributed by atoms with Crippen molar-refractivity contribution in [3.05, 3.63) is 60.8 Å². The Balaban J connectivity index is 4.23. The Labute approximate surface area is 479 Å². The highest BCUT2D eigenvalue weighted by Crippen LogP contribution is 2.18. The van der Waals surface area contributed by atoms with Crippen LogP contribution < -0.4 is 0 Å². The molecule has 77 heavy (non-hydrogen) atoms. The molecule has 0 rings (SSSR count). The van der Waals surface area contributed by atoms with Crippen LogP contribution >= 0.6 is 0 Å². The molecule has 0 aliphatic heterocycles. The van der Waals surface area contributed by atoms with Gasteiger partial charge in [0.15, 0.2) is 6.10 Å². The third kappa shape index (κ3) is 63.8. The van der Waals surface area contributed by atoms with E-state index < -0.39 is 6.10 Å². The summed E-state index contributed by atoms with van der Waals surface area (Å²) in [5.74, 6) is -0.896. The highest BCUT2D eigenvalue weighted by Gasteiger charge is 2.19. The molecule has 0 aliphatic carbocycles. The summed E-state index contributed by atoms with van der Waals surface area (Å²) in [6, 6.07) is 0. The number of hydrogen-bond acceptors (Lipinski definition) is 6. The van der Waals surface area contributed by atoms with Gasteiger partial charge in [0.25, 0.3) is 0 Å². The molecule has 0 aromatic carbocycles. The van der Waals surface area contributed by atoms with Crippen molar-refractivity contribution < 1.29 is 28.6 Å². The molecule has 0 heterocycles. The standard InChI is InChI=1S/C71H128O6/c1-4-7-10-13-16-19-22-25-27-29-31-32-33-34-35-36-37-38-39-41-42-44-46-49-52-55-58-61-64-70(73)76-67-68(66-75-69(72)63-60-57-54-51-48-24-21-18-15-12-9-6-3)77-71(74)65-62-59-56-53-50-47-45-43-40-30-28-26-23-20-17-14-11-8-5-2/h8,11,17,20,26,28,40,43,47,50,68H,4-7,9-10,12-16,18-19,21-25,27,29-39,41-42,44-46,48-49,51-67H2,1-3H3/b11-8-,20-17-,28-26-,43-40-,50-47-. The van der Waals surface area contributed by atoms with E-state index in [-0.39, 0.29) is 31.1 Å². The smallest absolute Gasteiger partial charge is 0.306 e. The Morgan fingerprint density at radius 2 is 0.506 bits per heavy atom. The van der Waals surface area contributed by atoms with E-state index >= 15 is 0 Å². The number of ether oxygens (including phenoxy) is 3. The highest BCUT2D eigenvalue weighted by atomic mass is 16.6. The summed E-state index contributed by atoms with van der Waals surface area (Å²) in [4.78, 5) is 38.3. The summed E-state index contributed by atoms with van der Waals surface area (Å²) in [5, 5.41) is 0. The molecule has 0 amide bonds. The lowest BCUT2D eigenvalue weighted by Crippen LogP contribution is -2.30. The maximum Gasteiger partial charge on any atom is 0.306 e. The van der Waals surface area contributed by atoms with Crippen molar-refractivity contribution in [3.63, 3.8) is 0 Å². The minimum atomic E-state index is -0.790. The average molecular weight is 1080 g/mol. The van der Waals surface area contributed by atoms with Gasteiger partial charge in [-0.1, -0.05) is 332 Å². The second kappa shape index (κ2) is 65.6. The lowest BCUT2D eigenvalue weighted by molar-refractivity contribution is -0.167. The van der Waals surface area contributed by atoms with Crippen molar-refractivity contribution in [1.29, 1.82) is 0 Å². The molecule has 0 N–H and O–H groups in total. The van der Waals surface area contributed by atoms with Gasteiger partial charge in [0.05, 0.1) is 0 Å². The summed E-state index contributed by atoms with van der Waals surface area (Å²) in [5.41, 5.74) is 0. The molecular weight excluding hydrogens is 949 g/mol. The molecule has 0 saturated heterocycles. The van der Waals surface area contributed by atoms with Gasteiger partial charge in [-0.25, -0.2) is 0 Å². The number of rotatable bonds is 62. The molecule has 0 aliphatic rings. The van der Waals surface area contributed by atoms with Crippen LogP contribution in [0.25, 0.3) is 0 Å². The van der Waals surface area contributed by atoms with Gasteiger partial charge in [0.2, 0.25) is 0 Å². The van der Waals surface area contributed by atoms with Gasteiger partial charge in [-0.05, 0) is 64.2 Å². The van der Waals surface area contributed by atoms with Crippen LogP contribution in [0.5, 0.6) is 0 Å². The SMILES string of the molecule is CC/C=C\C/C=C\C/C=C\C/C=C\C/C=C\CCCCCC(=O)OC(COC(=O)CCCCCCCCCCCCCC)COC(=O)CCCCCCCCCCCCCCCCCCCCCCCCCCCCCC. The number of esters is 3. The lowest BCUT2D eigenvalue weighted by Gasteiger charge is -2.18. The van der Waals surface area contributed by atoms with Crippen LogP contribution in [0, 0.1) is 0 Å². The predicted molar refractivity (Wildman–Crippen MR) is 335 cm³/mol. The van der Waals surface area contributed by atoms with Crippen LogP contribution in [0.2, 0.25) is 0 Å². The fraction of sp³-hybridized carbons (Fsp3) is 0.817. The Morgan fingerprint density at radius 1 is 0.273 bits per heavy atom. The van der Waals surface area contributed by atoms with E-state index in [2.05, 4.69) is 81.5 Å². The summed E-state index contributed by atoms with van der Waals surface area (Å²) >= 11 is 0. The summed E-state index contributed by atoms with van der Waals surface area (Å²) in [6.07, 6.45) is 84.0. The third-order valence-corrected chi connectivity index (χ3v) is 15.0. The number of carbonyl (C=O) groups is 3. The summed E-state index contributed by atoms with van der Waals surface area (Å²) in [7, 11) is 0. The molecule has 1 unspecified atom stereocenters. The summed E-state index contributed by atoms with van der Waals surface area (Å²) < 4.78 is 16.9. The third-order valence-electron chi connectivity index (χ3n) is 15.0. The summed E-state index contributed by atoms with van der Waals surface area (Å²) in [6.45, 7) is 6.55. The average Bonchev–Trinajstić information content (AvgIpc) is 3.43. The second-order valence-corrected chi connectivity index (χ2v) is 22.7. The first-order chi connectivity index (χ1) is 38.0. The number of unbranched alkanes of at least 4 members (excludes halogenated alkanes) is 41. The first-order valence-electron chi connectivity index (χ1n) is 33.8. The van der Waals surface area contributed by atoms with E-state index in [0.717, 1.165) is 96.3 Å². The van der Waals surface area contributed by atoms with Crippen molar-refractivity contribution >= 4 is 17.9 Å². The number of hydrogen-bond donors (Lipinski definition) is 0. The largest absolute Gasteiger partial charge is 0.462 e. The van der Waals surface area contributed by atoms with Crippen LogP contribution in [0.1, 0.15) is 355 Å². The Morgan fingerprint density at radius 3 is 0.792 bits per heavy atom. The Bertz CT molecular complexity index is 1380. The van der Waals surface area contributed by atoms with E-state index in [1.807, 2.05) is 0 Å². The molecule has 6 nitrogen and oxygen atoms in total. The zero-order valence-electron chi connectivity index (χ0n) is 51.5. The molecule has 0 radical (unpaired) electrons. The van der Waals surface area contributed by atoms with Gasteiger partial charge >= 0.3 is 17.9 Å². The highest BCUT2D eigenvalue weighted by molar-refractivity contribution is 5.71. The molecule has 0 aromatic heterocycles. The molecule has 0 aromatic rings. The Kier molecular flexibility index (Phi) is 63.2. The van der Waals surface area contributed by atoms with Crippen LogP contribution in [-0.4, -0.2) is 37.2 Å². The van der Waals surface area contributed by atoms with Gasteiger partial charge in [0, 0.05) is 19.3 Å². The van der Waals surface area contributed by atoms with Crippen LogP contribution in [-0.2, 0) is 28.6 Å². The van der Waals surface area contributed by atoms with Crippen LogP contribution in [0.15, 0.2) is 60.8 Å². The minimum absolute atomic E-state index is 0.0833. The van der Waals surface area contributed by atoms with E-state index in [4.69, 9.17) is 14.2 Å². The van der Waals surface area contributed by atoms with E-state index in [1.54, 1.807) is 0 Å². The van der Waals surface area contributed by atoms with Gasteiger partial charge < -0.3 is 14.2 Å². The maximum atomic E-state index is 12.9. The van der Waals surface area contributed by atoms with Gasteiger partial charge in [0.1, 0.15) is 13.2 Å². The topological polar surface area (TPSA) is 78.9 Å². The Hall–Kier alpha value is -2.89. The molecule has 0 saturated carbocycles. The quantitative estimate of drug-likeness (QED) is 0.0261. The van der Waals surface area contributed by atoms with Gasteiger partial charge in [-0.15, -0.1) is 0 Å². The monoisotopic (exact) mass is 1080 g/mol. The van der Waals surface area contributed by atoms with E-state index in [9.17, 15) is 14.4 Å². The molecule has 0 fully saturated rings. The fourth-order valence-corrected chi connectivity index (χ4v) is 10.0. The molecule has 6 heteroatoms. The lowest BCUT2D eigenvalue weighted by atomic mass is 10.0. The van der Waals surface area contributed by atoms with E-state index in [1.165, 1.54) is 218 Å². The number of carbonyl (C=O) groups excluding carboxylic acids is 3. The normalized spacial score (nSPS) is 12.4. The molecule has 1 atom stereocenters. The molecule has 0 bridgehead atoms. The van der Waals surface area contributed by atoms with Gasteiger partial charge in [-0.2, -0.15) is 0 Å².